The molecular weight excluding hydrogens is 423 g/mol. The van der Waals surface area contributed by atoms with Crippen LogP contribution in [0.5, 0.6) is 5.75 Å². The Morgan fingerprint density at radius 2 is 2.00 bits per heavy atom. The summed E-state index contributed by atoms with van der Waals surface area (Å²) in [7, 11) is 0. The Morgan fingerprint density at radius 1 is 1.20 bits per heavy atom. The molecule has 10 heteroatoms. The predicted octanol–water partition coefficient (Wildman–Crippen LogP) is 3.96. The molecule has 6 nitrogen and oxygen atoms in total. The van der Waals surface area contributed by atoms with E-state index in [-0.39, 0.29) is 35.7 Å². The van der Waals surface area contributed by atoms with Gasteiger partial charge in [-0.3, -0.25) is 14.5 Å². The van der Waals surface area contributed by atoms with Crippen molar-refractivity contribution in [2.45, 2.75) is 32.1 Å². The minimum atomic E-state index is -4.46. The van der Waals surface area contributed by atoms with Crippen molar-refractivity contribution in [3.05, 3.63) is 52.2 Å². The molecule has 0 radical (unpaired) electrons. The Hall–Kier alpha value is -2.81. The van der Waals surface area contributed by atoms with E-state index in [1.54, 1.807) is 21.9 Å². The number of alkyl halides is 3. The van der Waals surface area contributed by atoms with Crippen molar-refractivity contribution in [1.82, 2.24) is 9.88 Å². The van der Waals surface area contributed by atoms with Crippen LogP contribution in [-0.4, -0.2) is 41.0 Å². The van der Waals surface area contributed by atoms with Gasteiger partial charge in [0.1, 0.15) is 11.6 Å². The molecule has 3 heterocycles. The maximum atomic E-state index is 12.8. The zero-order valence-corrected chi connectivity index (χ0v) is 16.5. The minimum Gasteiger partial charge on any atom is -0.483 e. The number of halogens is 4. The van der Waals surface area contributed by atoms with Gasteiger partial charge in [-0.1, -0.05) is 17.7 Å². The molecule has 4 rings (SSSR count). The second kappa shape index (κ2) is 7.79. The molecule has 2 aliphatic rings. The monoisotopic (exact) mass is 439 g/mol. The molecule has 1 fully saturated rings. The zero-order chi connectivity index (χ0) is 21.5. The summed E-state index contributed by atoms with van der Waals surface area (Å²) in [5, 5.41) is 0.0333. The van der Waals surface area contributed by atoms with Crippen LogP contribution in [0.25, 0.3) is 0 Å². The number of hydrogen-bond donors (Lipinski definition) is 0. The average Bonchev–Trinajstić information content (AvgIpc) is 3.24. The van der Waals surface area contributed by atoms with Crippen LogP contribution >= 0.6 is 11.6 Å². The molecule has 0 bridgehead atoms. The second-order valence-electron chi connectivity index (χ2n) is 7.14. The first-order valence-corrected chi connectivity index (χ1v) is 9.66. The summed E-state index contributed by atoms with van der Waals surface area (Å²) in [4.78, 5) is 32.4. The fourth-order valence-electron chi connectivity index (χ4n) is 3.64. The summed E-state index contributed by atoms with van der Waals surface area (Å²) < 4.78 is 41.7. The van der Waals surface area contributed by atoms with Crippen molar-refractivity contribution in [3.63, 3.8) is 0 Å². The van der Waals surface area contributed by atoms with Gasteiger partial charge in [-0.05, 0) is 30.2 Å². The number of rotatable bonds is 5. The molecule has 0 N–H and O–H groups in total. The first kappa shape index (κ1) is 20.5. The van der Waals surface area contributed by atoms with E-state index in [1.807, 2.05) is 0 Å². The second-order valence-corrected chi connectivity index (χ2v) is 7.55. The molecule has 1 aromatic carbocycles. The summed E-state index contributed by atoms with van der Waals surface area (Å²) in [5.41, 5.74) is 1.84. The van der Waals surface area contributed by atoms with Crippen LogP contribution in [-0.2, 0) is 17.9 Å². The number of amides is 2. The third-order valence-corrected chi connectivity index (χ3v) is 5.29. The van der Waals surface area contributed by atoms with E-state index >= 15 is 0 Å². The average molecular weight is 440 g/mol. The van der Waals surface area contributed by atoms with Crippen LogP contribution in [0.3, 0.4) is 0 Å². The number of carbonyl (C=O) groups excluding carboxylic acids is 2. The Labute approximate surface area is 175 Å². The summed E-state index contributed by atoms with van der Waals surface area (Å²) in [6.07, 6.45) is -1.73. The van der Waals surface area contributed by atoms with E-state index < -0.39 is 12.8 Å². The number of carbonyl (C=O) groups is 2. The van der Waals surface area contributed by atoms with Gasteiger partial charge in [0.2, 0.25) is 5.91 Å². The molecule has 0 spiro atoms. The lowest BCUT2D eigenvalue weighted by molar-refractivity contribution is -0.153. The first-order valence-electron chi connectivity index (χ1n) is 9.28. The SMILES string of the molecule is O=C1c2ccnc(N3CCCC3=O)c2CN1Cc1ccc(OCC(F)(F)F)c(Cl)c1. The van der Waals surface area contributed by atoms with Crippen LogP contribution in [0.1, 0.15) is 34.3 Å². The highest BCUT2D eigenvalue weighted by Crippen LogP contribution is 2.34. The van der Waals surface area contributed by atoms with E-state index in [4.69, 9.17) is 16.3 Å². The number of anilines is 1. The van der Waals surface area contributed by atoms with Crippen molar-refractivity contribution in [1.29, 1.82) is 0 Å². The Kier molecular flexibility index (Phi) is 5.31. The summed E-state index contributed by atoms with van der Waals surface area (Å²) in [6.45, 7) is -0.367. The van der Waals surface area contributed by atoms with Crippen molar-refractivity contribution >= 4 is 29.2 Å². The van der Waals surface area contributed by atoms with E-state index in [9.17, 15) is 22.8 Å². The summed E-state index contributed by atoms with van der Waals surface area (Å²) in [6, 6.07) is 6.03. The van der Waals surface area contributed by atoms with Crippen LogP contribution < -0.4 is 9.64 Å². The molecule has 0 saturated carbocycles. The van der Waals surface area contributed by atoms with Gasteiger partial charge in [0.15, 0.2) is 6.61 Å². The van der Waals surface area contributed by atoms with E-state index in [0.717, 1.165) is 6.42 Å². The van der Waals surface area contributed by atoms with Crippen LogP contribution in [0, 0.1) is 0 Å². The Balaban J connectivity index is 1.50. The summed E-state index contributed by atoms with van der Waals surface area (Å²) >= 11 is 6.05. The van der Waals surface area contributed by atoms with Crippen LogP contribution in [0.2, 0.25) is 5.02 Å². The van der Waals surface area contributed by atoms with Gasteiger partial charge in [0, 0.05) is 36.8 Å². The number of benzene rings is 1. The maximum Gasteiger partial charge on any atom is 0.422 e. The lowest BCUT2D eigenvalue weighted by Gasteiger charge is -2.19. The minimum absolute atomic E-state index is 0.0111. The quantitative estimate of drug-likeness (QED) is 0.707. The molecule has 1 saturated heterocycles. The van der Waals surface area contributed by atoms with Crippen LogP contribution in [0.4, 0.5) is 19.0 Å². The third kappa shape index (κ3) is 4.07. The van der Waals surface area contributed by atoms with Crippen molar-refractivity contribution < 1.29 is 27.5 Å². The number of fused-ring (bicyclic) bond motifs is 1. The van der Waals surface area contributed by atoms with Gasteiger partial charge in [0.25, 0.3) is 5.91 Å². The molecule has 1 aromatic heterocycles. The van der Waals surface area contributed by atoms with Crippen molar-refractivity contribution in [3.8, 4) is 5.75 Å². The van der Waals surface area contributed by atoms with Gasteiger partial charge in [-0.15, -0.1) is 0 Å². The highest BCUT2D eigenvalue weighted by Gasteiger charge is 2.34. The third-order valence-electron chi connectivity index (χ3n) is 4.99. The Morgan fingerprint density at radius 3 is 2.67 bits per heavy atom. The number of aromatic nitrogens is 1. The van der Waals surface area contributed by atoms with Crippen molar-refractivity contribution in [2.24, 2.45) is 0 Å². The first-order chi connectivity index (χ1) is 14.2. The maximum absolute atomic E-state index is 12.8. The molecule has 2 aliphatic heterocycles. The summed E-state index contributed by atoms with van der Waals surface area (Å²) in [5.74, 6) is 0.226. The number of pyridine rings is 1. The number of hydrogen-bond acceptors (Lipinski definition) is 4. The fourth-order valence-corrected chi connectivity index (χ4v) is 3.90. The smallest absolute Gasteiger partial charge is 0.422 e. The van der Waals surface area contributed by atoms with E-state index in [0.29, 0.717) is 35.5 Å². The molecular formula is C20H17ClF3N3O3. The molecule has 2 amide bonds. The molecule has 0 aliphatic carbocycles. The van der Waals surface area contributed by atoms with E-state index in [2.05, 4.69) is 4.98 Å². The number of ether oxygens (including phenoxy) is 1. The largest absolute Gasteiger partial charge is 0.483 e. The molecule has 158 valence electrons. The Bertz CT molecular complexity index is 1010. The topological polar surface area (TPSA) is 62.7 Å². The lowest BCUT2D eigenvalue weighted by Crippen LogP contribution is -2.26. The predicted molar refractivity (Wildman–Crippen MR) is 102 cm³/mol. The van der Waals surface area contributed by atoms with Crippen LogP contribution in [0.15, 0.2) is 30.5 Å². The number of nitrogens with zero attached hydrogens (tertiary/aromatic N) is 3. The standard InChI is InChI=1S/C20H17ClF3N3O3/c21-15-8-12(3-4-16(15)30-11-20(22,23)24)9-26-10-14-13(19(26)29)5-6-25-18(14)27-7-1-2-17(27)28/h3-6,8H,1-2,7,9-11H2. The zero-order valence-electron chi connectivity index (χ0n) is 15.7. The molecule has 0 atom stereocenters. The van der Waals surface area contributed by atoms with Gasteiger partial charge in [-0.25, -0.2) is 4.98 Å². The molecule has 0 unspecified atom stereocenters. The highest BCUT2D eigenvalue weighted by molar-refractivity contribution is 6.32. The molecule has 2 aromatic rings. The van der Waals surface area contributed by atoms with Gasteiger partial charge in [0.05, 0.1) is 11.6 Å². The van der Waals surface area contributed by atoms with Gasteiger partial charge in [-0.2, -0.15) is 13.2 Å². The normalized spacial score (nSPS) is 16.4. The lowest BCUT2D eigenvalue weighted by atomic mass is 10.1. The van der Waals surface area contributed by atoms with Gasteiger partial charge >= 0.3 is 6.18 Å². The van der Waals surface area contributed by atoms with Gasteiger partial charge < -0.3 is 9.64 Å². The molecule has 30 heavy (non-hydrogen) atoms. The van der Waals surface area contributed by atoms with E-state index in [1.165, 1.54) is 18.3 Å². The fraction of sp³-hybridized carbons (Fsp3) is 0.350. The van der Waals surface area contributed by atoms with Crippen molar-refractivity contribution in [2.75, 3.05) is 18.1 Å². The highest BCUT2D eigenvalue weighted by atomic mass is 35.5.